The molecule has 0 radical (unpaired) electrons. The molecule has 2 nitrogen and oxygen atoms in total. The van der Waals surface area contributed by atoms with Crippen molar-refractivity contribution in [2.75, 3.05) is 18.5 Å². The fraction of sp³-hybridized carbons (Fsp3) is 0.333. The molecule has 0 saturated carbocycles. The van der Waals surface area contributed by atoms with Crippen LogP contribution in [0.4, 0.5) is 0 Å². The van der Waals surface area contributed by atoms with Crippen LogP contribution in [0.25, 0.3) is 5.57 Å². The summed E-state index contributed by atoms with van der Waals surface area (Å²) in [6, 6.07) is 20.4. The van der Waals surface area contributed by atoms with Crippen molar-refractivity contribution in [3.05, 3.63) is 78.4 Å². The van der Waals surface area contributed by atoms with E-state index < -0.39 is 0 Å². The second kappa shape index (κ2) is 7.22. The fourth-order valence-electron chi connectivity index (χ4n) is 3.59. The van der Waals surface area contributed by atoms with Crippen LogP contribution in [0, 0.1) is 5.41 Å². The molecule has 1 saturated heterocycles. The average molecular weight is 387 g/mol. The normalized spacial score (nSPS) is 26.4. The van der Waals surface area contributed by atoms with E-state index in [0.29, 0.717) is 11.9 Å². The number of benzene rings is 2. The van der Waals surface area contributed by atoms with Crippen LogP contribution >= 0.6 is 15.9 Å². The first-order valence-corrected chi connectivity index (χ1v) is 9.35. The summed E-state index contributed by atoms with van der Waals surface area (Å²) < 4.78 is 6.27. The molecular weight excluding hydrogens is 364 g/mol. The molecule has 3 rings (SSSR count). The van der Waals surface area contributed by atoms with Crippen LogP contribution in [-0.4, -0.2) is 23.7 Å². The Morgan fingerprint density at radius 3 is 2.29 bits per heavy atom. The van der Waals surface area contributed by atoms with Crippen LogP contribution in [0.1, 0.15) is 24.0 Å². The number of hydrogen-bond donors (Lipinski definition) is 1. The highest BCUT2D eigenvalue weighted by atomic mass is 79.9. The molecule has 1 aliphatic rings. The van der Waals surface area contributed by atoms with E-state index in [9.17, 15) is 5.11 Å². The molecule has 0 unspecified atom stereocenters. The fourth-order valence-corrected chi connectivity index (χ4v) is 4.27. The smallest absolute Gasteiger partial charge is 0.103 e. The summed E-state index contributed by atoms with van der Waals surface area (Å²) in [5.41, 5.74) is 2.65. The maximum Gasteiger partial charge on any atom is 0.103 e. The molecule has 0 spiro atoms. The summed E-state index contributed by atoms with van der Waals surface area (Å²) in [4.78, 5) is 0. The topological polar surface area (TPSA) is 29.5 Å². The van der Waals surface area contributed by atoms with Gasteiger partial charge in [-0.25, -0.2) is 0 Å². The lowest BCUT2D eigenvalue weighted by atomic mass is 9.74. The lowest BCUT2D eigenvalue weighted by Crippen LogP contribution is -2.31. The number of halogens is 1. The van der Waals surface area contributed by atoms with Crippen LogP contribution < -0.4 is 0 Å². The van der Waals surface area contributed by atoms with Gasteiger partial charge in [-0.05, 0) is 29.5 Å². The van der Waals surface area contributed by atoms with Crippen molar-refractivity contribution in [1.82, 2.24) is 0 Å². The number of hydrogen-bond acceptors (Lipinski definition) is 2. The second-order valence-electron chi connectivity index (χ2n) is 6.76. The molecule has 0 aromatic heterocycles. The zero-order valence-corrected chi connectivity index (χ0v) is 15.3. The van der Waals surface area contributed by atoms with E-state index in [0.717, 1.165) is 29.5 Å². The van der Waals surface area contributed by atoms with E-state index in [-0.39, 0.29) is 17.6 Å². The largest absolute Gasteiger partial charge is 0.396 e. The zero-order valence-electron chi connectivity index (χ0n) is 13.7. The minimum Gasteiger partial charge on any atom is -0.396 e. The van der Waals surface area contributed by atoms with Gasteiger partial charge in [-0.3, -0.25) is 0 Å². The van der Waals surface area contributed by atoms with Gasteiger partial charge in [0.25, 0.3) is 0 Å². The van der Waals surface area contributed by atoms with Gasteiger partial charge in [-0.1, -0.05) is 83.2 Å². The van der Waals surface area contributed by atoms with E-state index in [1.807, 2.05) is 36.4 Å². The van der Waals surface area contributed by atoms with Gasteiger partial charge in [0.1, 0.15) is 5.60 Å². The number of rotatable bonds is 6. The Labute approximate surface area is 152 Å². The summed E-state index contributed by atoms with van der Waals surface area (Å²) in [5.74, 6) is 0. The van der Waals surface area contributed by atoms with E-state index in [1.165, 1.54) is 0 Å². The van der Waals surface area contributed by atoms with E-state index in [1.54, 1.807) is 0 Å². The van der Waals surface area contributed by atoms with Crippen LogP contribution in [0.5, 0.6) is 0 Å². The SMILES string of the molecule is C=C(C[C@@]1(CO)CO[C@@](CBr)(c2ccccc2)C1)c1ccccc1. The van der Waals surface area contributed by atoms with E-state index >= 15 is 0 Å². The predicted octanol–water partition coefficient (Wildman–Crippen LogP) is 4.78. The molecule has 2 aromatic rings. The van der Waals surface area contributed by atoms with Crippen molar-refractivity contribution in [2.24, 2.45) is 5.41 Å². The first-order valence-electron chi connectivity index (χ1n) is 8.23. The molecule has 1 fully saturated rings. The first-order chi connectivity index (χ1) is 11.6. The molecule has 0 aliphatic carbocycles. The van der Waals surface area contributed by atoms with Crippen LogP contribution in [0.15, 0.2) is 67.2 Å². The highest BCUT2D eigenvalue weighted by Crippen LogP contribution is 2.50. The van der Waals surface area contributed by atoms with E-state index in [4.69, 9.17) is 4.74 Å². The Morgan fingerprint density at radius 2 is 1.71 bits per heavy atom. The Balaban J connectivity index is 1.83. The minimum atomic E-state index is -0.388. The van der Waals surface area contributed by atoms with Crippen LogP contribution in [-0.2, 0) is 10.3 Å². The van der Waals surface area contributed by atoms with Gasteiger partial charge >= 0.3 is 0 Å². The molecule has 2 aromatic carbocycles. The summed E-state index contributed by atoms with van der Waals surface area (Å²) in [7, 11) is 0. The zero-order chi connectivity index (χ0) is 17.0. The van der Waals surface area contributed by atoms with Crippen molar-refractivity contribution < 1.29 is 9.84 Å². The third-order valence-electron chi connectivity index (χ3n) is 4.94. The number of aliphatic hydroxyl groups excluding tert-OH is 1. The maximum absolute atomic E-state index is 10.2. The Kier molecular flexibility index (Phi) is 5.24. The van der Waals surface area contributed by atoms with Crippen molar-refractivity contribution in [3.63, 3.8) is 0 Å². The lowest BCUT2D eigenvalue weighted by Gasteiger charge is -2.30. The van der Waals surface area contributed by atoms with Crippen LogP contribution in [0.2, 0.25) is 0 Å². The predicted molar refractivity (Wildman–Crippen MR) is 102 cm³/mol. The van der Waals surface area contributed by atoms with Crippen molar-refractivity contribution in [3.8, 4) is 0 Å². The van der Waals surface area contributed by atoms with Crippen molar-refractivity contribution in [2.45, 2.75) is 18.4 Å². The molecule has 3 heteroatoms. The summed E-state index contributed by atoms with van der Waals surface area (Å²) in [5, 5.41) is 10.9. The van der Waals surface area contributed by atoms with Crippen molar-refractivity contribution in [1.29, 1.82) is 0 Å². The number of aliphatic hydroxyl groups is 1. The Morgan fingerprint density at radius 1 is 1.08 bits per heavy atom. The van der Waals surface area contributed by atoms with E-state index in [2.05, 4.69) is 46.8 Å². The number of allylic oxidation sites excluding steroid dienone is 1. The standard InChI is InChI=1S/C21H23BrO2/c1-17(18-8-4-2-5-9-18)12-20(15-23)13-21(14-22,24-16-20)19-10-6-3-7-11-19/h2-11,23H,1,12-16H2/t20-,21+/m1/s1. The van der Waals surface area contributed by atoms with Gasteiger partial charge in [-0.2, -0.15) is 0 Å². The molecule has 24 heavy (non-hydrogen) atoms. The minimum absolute atomic E-state index is 0.0977. The average Bonchev–Trinajstić information content (AvgIpc) is 3.04. The first kappa shape index (κ1) is 17.4. The maximum atomic E-state index is 10.2. The third kappa shape index (κ3) is 3.34. The lowest BCUT2D eigenvalue weighted by molar-refractivity contribution is 0.0147. The molecule has 1 N–H and O–H groups in total. The second-order valence-corrected chi connectivity index (χ2v) is 7.32. The number of ether oxygens (including phenoxy) is 1. The van der Waals surface area contributed by atoms with Gasteiger partial charge in [0.2, 0.25) is 0 Å². The van der Waals surface area contributed by atoms with Gasteiger partial charge in [-0.15, -0.1) is 0 Å². The summed E-state index contributed by atoms with van der Waals surface area (Å²) in [6.07, 6.45) is 1.51. The highest BCUT2D eigenvalue weighted by molar-refractivity contribution is 9.09. The third-order valence-corrected chi connectivity index (χ3v) is 5.84. The highest BCUT2D eigenvalue weighted by Gasteiger charge is 2.49. The van der Waals surface area contributed by atoms with Gasteiger partial charge in [0.15, 0.2) is 0 Å². The summed E-state index contributed by atoms with van der Waals surface area (Å²) in [6.45, 7) is 4.88. The van der Waals surface area contributed by atoms with Gasteiger partial charge in [0, 0.05) is 10.7 Å². The molecule has 0 amide bonds. The molecular formula is C21H23BrO2. The number of alkyl halides is 1. The monoisotopic (exact) mass is 386 g/mol. The Bertz CT molecular complexity index is 685. The quantitative estimate of drug-likeness (QED) is 0.723. The van der Waals surface area contributed by atoms with Gasteiger partial charge in [0.05, 0.1) is 13.2 Å². The van der Waals surface area contributed by atoms with Gasteiger partial charge < -0.3 is 9.84 Å². The van der Waals surface area contributed by atoms with Crippen molar-refractivity contribution >= 4 is 21.5 Å². The van der Waals surface area contributed by atoms with Crippen LogP contribution in [0.3, 0.4) is 0 Å². The Hall–Kier alpha value is -1.42. The molecule has 2 atom stereocenters. The molecule has 1 heterocycles. The molecule has 126 valence electrons. The molecule has 0 bridgehead atoms. The molecule has 1 aliphatic heterocycles. The summed E-state index contributed by atoms with van der Waals surface area (Å²) >= 11 is 3.63.